The summed E-state index contributed by atoms with van der Waals surface area (Å²) in [4.78, 5) is 12.4. The monoisotopic (exact) mass is 583 g/mol. The zero-order valence-corrected chi connectivity index (χ0v) is 21.9. The minimum absolute atomic E-state index is 0.0123. The molecule has 2 aromatic carbocycles. The van der Waals surface area contributed by atoms with Crippen LogP contribution >= 0.6 is 22.6 Å². The van der Waals surface area contributed by atoms with Crippen molar-refractivity contribution in [1.82, 2.24) is 0 Å². The molecule has 0 aromatic heterocycles. The Morgan fingerprint density at radius 1 is 1.06 bits per heavy atom. The molecular weight excluding hydrogens is 553 g/mol. The minimum Gasteiger partial charge on any atom is -0.744 e. The highest BCUT2D eigenvalue weighted by Gasteiger charge is 2.63. The molecule has 3 aliphatic heterocycles. The Balaban J connectivity index is 0.000000200. The van der Waals surface area contributed by atoms with E-state index in [2.05, 4.69) is 46.9 Å². The van der Waals surface area contributed by atoms with Gasteiger partial charge in [0.1, 0.15) is 22.1 Å². The number of carbonyl (C=O) groups excluding carboxylic acids is 1. The Hall–Kier alpha value is -1.49. The first kappa shape index (κ1) is 24.6. The zero-order chi connectivity index (χ0) is 23.8. The third-order valence-electron chi connectivity index (χ3n) is 7.79. The van der Waals surface area contributed by atoms with Crippen LogP contribution in [0.3, 0.4) is 0 Å². The van der Waals surface area contributed by atoms with Gasteiger partial charge in [-0.2, -0.15) is 0 Å². The fourth-order valence-corrected chi connectivity index (χ4v) is 6.95. The second-order valence-electron chi connectivity index (χ2n) is 9.41. The summed E-state index contributed by atoms with van der Waals surface area (Å²) in [6.07, 6.45) is 4.97. The summed E-state index contributed by atoms with van der Waals surface area (Å²) < 4.78 is 38.9. The van der Waals surface area contributed by atoms with Gasteiger partial charge in [0.2, 0.25) is 0 Å². The van der Waals surface area contributed by atoms with Crippen molar-refractivity contribution in [1.29, 1.82) is 0 Å². The van der Waals surface area contributed by atoms with E-state index in [1.165, 1.54) is 58.1 Å². The molecular formula is C25H30INO5S. The van der Waals surface area contributed by atoms with E-state index in [0.29, 0.717) is 12.0 Å². The van der Waals surface area contributed by atoms with Crippen molar-refractivity contribution in [2.75, 3.05) is 20.2 Å². The van der Waals surface area contributed by atoms with Crippen molar-refractivity contribution < 1.29 is 27.0 Å². The lowest BCUT2D eigenvalue weighted by molar-refractivity contribution is -1.00. The molecule has 6 nitrogen and oxygen atoms in total. The smallest absolute Gasteiger partial charge is 0.315 e. The van der Waals surface area contributed by atoms with Gasteiger partial charge in [0.15, 0.2) is 0 Å². The summed E-state index contributed by atoms with van der Waals surface area (Å²) >= 11 is 2.34. The van der Waals surface area contributed by atoms with Crippen molar-refractivity contribution in [3.05, 3.63) is 63.2 Å². The number of carbonyl (C=O) groups is 1. The summed E-state index contributed by atoms with van der Waals surface area (Å²) in [5.74, 6) is 0.397. The lowest BCUT2D eigenvalue weighted by Gasteiger charge is -2.57. The number of rotatable bonds is 3. The number of nitrogens with zero attached hydrogens (tertiary/aromatic N) is 1. The van der Waals surface area contributed by atoms with Gasteiger partial charge in [-0.3, -0.25) is 4.79 Å². The molecule has 0 amide bonds. The van der Waals surface area contributed by atoms with Crippen molar-refractivity contribution in [2.24, 2.45) is 5.92 Å². The Morgan fingerprint density at radius 3 is 2.21 bits per heavy atom. The maximum atomic E-state index is 12.6. The van der Waals surface area contributed by atoms with E-state index in [4.69, 9.17) is 4.74 Å². The predicted molar refractivity (Wildman–Crippen MR) is 133 cm³/mol. The second-order valence-corrected chi connectivity index (χ2v) is 12.0. The number of hydrogen-bond acceptors (Lipinski definition) is 5. The average Bonchev–Trinajstić information content (AvgIpc) is 3.02. The van der Waals surface area contributed by atoms with Gasteiger partial charge < -0.3 is 13.8 Å². The van der Waals surface area contributed by atoms with Gasteiger partial charge in [-0.25, -0.2) is 8.42 Å². The van der Waals surface area contributed by atoms with Crippen molar-refractivity contribution >= 4 is 38.7 Å². The van der Waals surface area contributed by atoms with Gasteiger partial charge in [0.05, 0.1) is 31.1 Å². The molecule has 33 heavy (non-hydrogen) atoms. The van der Waals surface area contributed by atoms with Gasteiger partial charge in [0.25, 0.3) is 0 Å². The lowest BCUT2D eigenvalue weighted by Crippen LogP contribution is -2.70. The van der Waals surface area contributed by atoms with E-state index in [-0.39, 0.29) is 16.8 Å². The third-order valence-corrected chi connectivity index (χ3v) is 9.36. The average molecular weight is 583 g/mol. The van der Waals surface area contributed by atoms with Crippen LogP contribution in [-0.2, 0) is 19.6 Å². The summed E-state index contributed by atoms with van der Waals surface area (Å²) in [7, 11) is -2.72. The molecule has 3 fully saturated rings. The minimum atomic E-state index is -4.27. The molecule has 0 N–H and O–H groups in total. The molecule has 3 saturated heterocycles. The van der Waals surface area contributed by atoms with E-state index in [0.717, 1.165) is 18.0 Å². The molecule has 4 atom stereocenters. The topological polar surface area (TPSA) is 83.5 Å². The maximum Gasteiger partial charge on any atom is 0.315 e. The van der Waals surface area contributed by atoms with Crippen LogP contribution in [0.4, 0.5) is 0 Å². The number of hydrogen-bond donors (Lipinski definition) is 0. The largest absolute Gasteiger partial charge is 0.744 e. The van der Waals surface area contributed by atoms with E-state index in [9.17, 15) is 17.8 Å². The zero-order valence-electron chi connectivity index (χ0n) is 18.9. The van der Waals surface area contributed by atoms with Gasteiger partial charge >= 0.3 is 5.97 Å². The van der Waals surface area contributed by atoms with Crippen molar-refractivity contribution in [3.63, 3.8) is 0 Å². The fourth-order valence-electron chi connectivity index (χ4n) is 6.12. The summed E-state index contributed by atoms with van der Waals surface area (Å²) in [6, 6.07) is 15.8. The first-order valence-corrected chi connectivity index (χ1v) is 13.9. The Bertz CT molecular complexity index is 1100. The number of aryl methyl sites for hydroxylation is 1. The molecule has 5 rings (SSSR count). The lowest BCUT2D eigenvalue weighted by atomic mass is 9.73. The SMILES string of the molecule is COC(=O)[C@H]1[C@@H](c2ccc(I)cc2)C[C@@H]2CC[C@H]1[N+]21CCC1.Cc1ccc(S(=O)(=O)[O-])cc1. The van der Waals surface area contributed by atoms with E-state index in [1.54, 1.807) is 19.2 Å². The van der Waals surface area contributed by atoms with Crippen LogP contribution in [0.15, 0.2) is 53.4 Å². The predicted octanol–water partition coefficient (Wildman–Crippen LogP) is 4.22. The summed E-state index contributed by atoms with van der Waals surface area (Å²) in [5.41, 5.74) is 2.25. The molecule has 178 valence electrons. The highest BCUT2D eigenvalue weighted by molar-refractivity contribution is 14.1. The van der Waals surface area contributed by atoms with Gasteiger partial charge in [-0.1, -0.05) is 29.8 Å². The van der Waals surface area contributed by atoms with Crippen LogP contribution in [0.2, 0.25) is 0 Å². The van der Waals surface area contributed by atoms with Crippen LogP contribution < -0.4 is 0 Å². The van der Waals surface area contributed by atoms with Crippen LogP contribution in [0.1, 0.15) is 42.7 Å². The van der Waals surface area contributed by atoms with Gasteiger partial charge in [-0.05, 0) is 59.3 Å². The number of benzene rings is 2. The number of esters is 1. The van der Waals surface area contributed by atoms with Crippen molar-refractivity contribution in [2.45, 2.75) is 55.5 Å². The highest BCUT2D eigenvalue weighted by atomic mass is 127. The van der Waals surface area contributed by atoms with Crippen LogP contribution in [-0.4, -0.2) is 55.7 Å². The Kier molecular flexibility index (Phi) is 7.19. The molecule has 1 spiro atoms. The molecule has 8 heteroatoms. The number of piperidine rings is 1. The normalized spacial score (nSPS) is 27.3. The summed E-state index contributed by atoms with van der Waals surface area (Å²) in [6.45, 7) is 4.38. The third kappa shape index (κ3) is 4.85. The number of quaternary nitrogens is 1. The second kappa shape index (κ2) is 9.64. The van der Waals surface area contributed by atoms with E-state index < -0.39 is 10.1 Å². The molecule has 2 aromatic rings. The quantitative estimate of drug-likeness (QED) is 0.234. The van der Waals surface area contributed by atoms with E-state index >= 15 is 0 Å². The standard InChI is InChI=1S/C18H23INO2.C7H8O3S/c1-22-18(21)17-15(12-3-5-13(19)6-4-12)11-14-7-8-16(17)20(14)9-2-10-20;1-6-2-4-7(5-3-6)11(8,9)10/h3-6,14-17H,2,7-11H2,1H3;2-5H,1H3,(H,8,9,10)/q+1;/p-1/t14-,15+,16+,17-;/m0./s1. The molecule has 0 saturated carbocycles. The first-order valence-electron chi connectivity index (χ1n) is 11.4. The van der Waals surface area contributed by atoms with Crippen molar-refractivity contribution in [3.8, 4) is 0 Å². The Labute approximate surface area is 209 Å². The van der Waals surface area contributed by atoms with Crippen LogP contribution in [0.25, 0.3) is 0 Å². The number of halogens is 1. The number of methoxy groups -OCH3 is 1. The molecule has 0 radical (unpaired) electrons. The molecule has 3 heterocycles. The fraction of sp³-hybridized carbons (Fsp3) is 0.480. The van der Waals surface area contributed by atoms with E-state index in [1.807, 2.05) is 6.92 Å². The maximum absolute atomic E-state index is 12.6. The number of ether oxygens (including phenoxy) is 1. The van der Waals surface area contributed by atoms with Crippen LogP contribution in [0, 0.1) is 16.4 Å². The molecule has 2 bridgehead atoms. The molecule has 3 aliphatic rings. The van der Waals surface area contributed by atoms with Gasteiger partial charge in [-0.15, -0.1) is 0 Å². The van der Waals surface area contributed by atoms with Crippen LogP contribution in [0.5, 0.6) is 0 Å². The molecule has 0 aliphatic carbocycles. The molecule has 0 unspecified atom stereocenters. The first-order chi connectivity index (χ1) is 15.7. The van der Waals surface area contributed by atoms with Gasteiger partial charge in [0, 0.05) is 35.2 Å². The summed E-state index contributed by atoms with van der Waals surface area (Å²) in [5, 5.41) is 0. The highest BCUT2D eigenvalue weighted by Crippen LogP contribution is 2.54. The Morgan fingerprint density at radius 2 is 1.70 bits per heavy atom.